The number of nitrogens with two attached hydrogens (primary N) is 1. The van der Waals surface area contributed by atoms with Gasteiger partial charge in [-0.1, -0.05) is 23.2 Å². The minimum Gasteiger partial charge on any atom is -0.382 e. The lowest BCUT2D eigenvalue weighted by molar-refractivity contribution is 0.768. The second-order valence-electron chi connectivity index (χ2n) is 3.22. The van der Waals surface area contributed by atoms with E-state index >= 15 is 0 Å². The number of imidazole rings is 1. The predicted octanol–water partition coefficient (Wildman–Crippen LogP) is 2.85. The number of hydrogen-bond acceptors (Lipinski definition) is 3. The summed E-state index contributed by atoms with van der Waals surface area (Å²) < 4.78 is 1.93. The van der Waals surface area contributed by atoms with Crippen LogP contribution < -0.4 is 5.73 Å². The summed E-state index contributed by atoms with van der Waals surface area (Å²) in [5.41, 5.74) is 6.20. The molecule has 0 unspecified atom stereocenters. The van der Waals surface area contributed by atoms with E-state index < -0.39 is 0 Å². The molecule has 0 aliphatic rings. The molecule has 0 amide bonds. The third kappa shape index (κ3) is 1.86. The standard InChI is InChI=1S/C10H10Cl2N4/c1-2-16-4-3-14-10(16)8-6(11)5-7(12)9(13)15-8/h3-5H,2H2,1H3,(H2,13,15). The molecule has 0 bridgehead atoms. The average molecular weight is 257 g/mol. The highest BCUT2D eigenvalue weighted by Gasteiger charge is 2.13. The Labute approximate surface area is 103 Å². The molecule has 0 saturated heterocycles. The Morgan fingerprint density at radius 1 is 1.38 bits per heavy atom. The van der Waals surface area contributed by atoms with E-state index in [2.05, 4.69) is 9.97 Å². The summed E-state index contributed by atoms with van der Waals surface area (Å²) in [6.45, 7) is 2.80. The molecule has 0 aromatic carbocycles. The molecule has 2 aromatic heterocycles. The lowest BCUT2D eigenvalue weighted by atomic mass is 10.3. The quantitative estimate of drug-likeness (QED) is 0.899. The Kier molecular flexibility index (Phi) is 3.03. The SMILES string of the molecule is CCn1ccnc1-c1nc(N)c(Cl)cc1Cl. The van der Waals surface area contributed by atoms with Gasteiger partial charge in [-0.15, -0.1) is 0 Å². The molecule has 0 radical (unpaired) electrons. The number of hydrogen-bond donors (Lipinski definition) is 1. The molecule has 0 atom stereocenters. The van der Waals surface area contributed by atoms with Gasteiger partial charge in [-0.05, 0) is 13.0 Å². The summed E-state index contributed by atoms with van der Waals surface area (Å²) in [6, 6.07) is 1.58. The summed E-state index contributed by atoms with van der Waals surface area (Å²) in [6.07, 6.45) is 3.56. The number of rotatable bonds is 2. The van der Waals surface area contributed by atoms with Crippen LogP contribution in [0.1, 0.15) is 6.92 Å². The van der Waals surface area contributed by atoms with Gasteiger partial charge in [-0.3, -0.25) is 0 Å². The van der Waals surface area contributed by atoms with Crippen LogP contribution in [0.3, 0.4) is 0 Å². The van der Waals surface area contributed by atoms with E-state index in [-0.39, 0.29) is 5.82 Å². The third-order valence-corrected chi connectivity index (χ3v) is 2.82. The summed E-state index contributed by atoms with van der Waals surface area (Å²) in [5, 5.41) is 0.795. The molecule has 0 saturated carbocycles. The molecular weight excluding hydrogens is 247 g/mol. The Balaban J connectivity index is 2.60. The molecule has 0 fully saturated rings. The van der Waals surface area contributed by atoms with Crippen molar-refractivity contribution in [2.45, 2.75) is 13.5 Å². The maximum Gasteiger partial charge on any atom is 0.160 e. The van der Waals surface area contributed by atoms with Crippen LogP contribution >= 0.6 is 23.2 Å². The number of halogens is 2. The molecule has 0 aliphatic heterocycles. The zero-order valence-electron chi connectivity index (χ0n) is 8.61. The summed E-state index contributed by atoms with van der Waals surface area (Å²) in [4.78, 5) is 8.36. The zero-order valence-corrected chi connectivity index (χ0v) is 10.1. The minimum absolute atomic E-state index is 0.256. The molecule has 2 heterocycles. The molecule has 84 valence electrons. The van der Waals surface area contributed by atoms with Crippen molar-refractivity contribution in [3.8, 4) is 11.5 Å². The van der Waals surface area contributed by atoms with Crippen molar-refractivity contribution >= 4 is 29.0 Å². The first kappa shape index (κ1) is 11.2. The van der Waals surface area contributed by atoms with Gasteiger partial charge >= 0.3 is 0 Å². The lowest BCUT2D eigenvalue weighted by Crippen LogP contribution is -2.01. The van der Waals surface area contributed by atoms with E-state index in [1.807, 2.05) is 17.7 Å². The van der Waals surface area contributed by atoms with Crippen LogP contribution in [0.4, 0.5) is 5.82 Å². The van der Waals surface area contributed by atoms with Crippen molar-refractivity contribution in [3.05, 3.63) is 28.5 Å². The highest BCUT2D eigenvalue weighted by molar-refractivity contribution is 6.37. The number of anilines is 1. The van der Waals surface area contributed by atoms with Crippen LogP contribution in [0.15, 0.2) is 18.5 Å². The van der Waals surface area contributed by atoms with Gasteiger partial charge in [0.15, 0.2) is 5.82 Å². The summed E-state index contributed by atoms with van der Waals surface area (Å²) in [5.74, 6) is 0.947. The second kappa shape index (κ2) is 4.31. The number of nitrogen functional groups attached to an aromatic ring is 1. The fourth-order valence-corrected chi connectivity index (χ4v) is 1.86. The maximum atomic E-state index is 6.07. The van der Waals surface area contributed by atoms with Gasteiger partial charge in [0.1, 0.15) is 11.5 Å². The topological polar surface area (TPSA) is 56.7 Å². The number of pyridine rings is 1. The fourth-order valence-electron chi connectivity index (χ4n) is 1.42. The van der Waals surface area contributed by atoms with Gasteiger partial charge in [-0.25, -0.2) is 9.97 Å². The monoisotopic (exact) mass is 256 g/mol. The van der Waals surface area contributed by atoms with E-state index in [4.69, 9.17) is 28.9 Å². The van der Waals surface area contributed by atoms with Gasteiger partial charge in [0.2, 0.25) is 0 Å². The normalized spacial score (nSPS) is 10.7. The van der Waals surface area contributed by atoms with Crippen LogP contribution in [0, 0.1) is 0 Å². The third-order valence-electron chi connectivity index (χ3n) is 2.22. The molecular formula is C10H10Cl2N4. The van der Waals surface area contributed by atoms with E-state index in [1.165, 1.54) is 0 Å². The van der Waals surface area contributed by atoms with E-state index in [9.17, 15) is 0 Å². The minimum atomic E-state index is 0.256. The predicted molar refractivity (Wildman–Crippen MR) is 65.6 cm³/mol. The molecule has 2 aromatic rings. The van der Waals surface area contributed by atoms with Crippen molar-refractivity contribution in [2.24, 2.45) is 0 Å². The van der Waals surface area contributed by atoms with Crippen molar-refractivity contribution < 1.29 is 0 Å². The van der Waals surface area contributed by atoms with Crippen molar-refractivity contribution in [2.75, 3.05) is 5.73 Å². The zero-order chi connectivity index (χ0) is 11.7. The fraction of sp³-hybridized carbons (Fsp3) is 0.200. The van der Waals surface area contributed by atoms with Gasteiger partial charge < -0.3 is 10.3 Å². The molecule has 16 heavy (non-hydrogen) atoms. The average Bonchev–Trinajstić information content (AvgIpc) is 2.71. The Hall–Kier alpha value is -1.26. The smallest absolute Gasteiger partial charge is 0.160 e. The molecule has 2 N–H and O–H groups in total. The summed E-state index contributed by atoms with van der Waals surface area (Å²) in [7, 11) is 0. The van der Waals surface area contributed by atoms with Gasteiger partial charge in [0.25, 0.3) is 0 Å². The van der Waals surface area contributed by atoms with Crippen LogP contribution in [-0.4, -0.2) is 14.5 Å². The lowest BCUT2D eigenvalue weighted by Gasteiger charge is -2.07. The highest BCUT2D eigenvalue weighted by atomic mass is 35.5. The highest BCUT2D eigenvalue weighted by Crippen LogP contribution is 2.30. The van der Waals surface area contributed by atoms with Crippen LogP contribution in [-0.2, 0) is 6.54 Å². The first-order valence-corrected chi connectivity index (χ1v) is 5.52. The maximum absolute atomic E-state index is 6.07. The van der Waals surface area contributed by atoms with Gasteiger partial charge in [0, 0.05) is 18.9 Å². The molecule has 2 rings (SSSR count). The van der Waals surface area contributed by atoms with Crippen molar-refractivity contribution in [1.29, 1.82) is 0 Å². The number of nitrogens with zero attached hydrogens (tertiary/aromatic N) is 3. The second-order valence-corrected chi connectivity index (χ2v) is 4.04. The van der Waals surface area contributed by atoms with Crippen LogP contribution in [0.25, 0.3) is 11.5 Å². The van der Waals surface area contributed by atoms with E-state index in [0.29, 0.717) is 21.6 Å². The van der Waals surface area contributed by atoms with E-state index in [1.54, 1.807) is 12.3 Å². The van der Waals surface area contributed by atoms with E-state index in [0.717, 1.165) is 6.54 Å². The Bertz CT molecular complexity index is 522. The van der Waals surface area contributed by atoms with Crippen molar-refractivity contribution in [1.82, 2.24) is 14.5 Å². The van der Waals surface area contributed by atoms with Crippen molar-refractivity contribution in [3.63, 3.8) is 0 Å². The molecule has 0 aliphatic carbocycles. The summed E-state index contributed by atoms with van der Waals surface area (Å²) >= 11 is 11.9. The van der Waals surface area contributed by atoms with Gasteiger partial charge in [-0.2, -0.15) is 0 Å². The number of aryl methyl sites for hydroxylation is 1. The Morgan fingerprint density at radius 3 is 2.81 bits per heavy atom. The Morgan fingerprint density at radius 2 is 2.12 bits per heavy atom. The molecule has 0 spiro atoms. The largest absolute Gasteiger partial charge is 0.382 e. The molecule has 6 heteroatoms. The first-order chi connectivity index (χ1) is 7.63. The first-order valence-electron chi connectivity index (χ1n) is 4.76. The van der Waals surface area contributed by atoms with Crippen LogP contribution in [0.2, 0.25) is 10.0 Å². The van der Waals surface area contributed by atoms with Gasteiger partial charge in [0.05, 0.1) is 10.0 Å². The molecule has 4 nitrogen and oxygen atoms in total. The number of aromatic nitrogens is 3. The van der Waals surface area contributed by atoms with Crippen LogP contribution in [0.5, 0.6) is 0 Å².